The average Bonchev–Trinajstić information content (AvgIpc) is 2.52. The van der Waals surface area contributed by atoms with Gasteiger partial charge < -0.3 is 15.1 Å². The molecule has 0 heterocycles. The van der Waals surface area contributed by atoms with Gasteiger partial charge in [0.1, 0.15) is 0 Å². The Hall–Kier alpha value is -2.04. The van der Waals surface area contributed by atoms with Crippen LogP contribution in [-0.4, -0.2) is 38.0 Å². The number of nitrogens with zero attached hydrogens (tertiary/aromatic N) is 2. The molecule has 0 aliphatic heterocycles. The predicted molar refractivity (Wildman–Crippen MR) is 105 cm³/mol. The van der Waals surface area contributed by atoms with Crippen LogP contribution in [-0.2, 0) is 9.59 Å². The molecule has 0 atom stereocenters. The molecule has 5 nitrogen and oxygen atoms in total. The number of aryl methyl sites for hydroxylation is 1. The van der Waals surface area contributed by atoms with Crippen LogP contribution in [0.5, 0.6) is 0 Å². The maximum atomic E-state index is 12.1. The number of hydrogen-bond donors (Lipinski definition) is 1. The van der Waals surface area contributed by atoms with E-state index in [4.69, 9.17) is 0 Å². The van der Waals surface area contributed by atoms with E-state index in [1.54, 1.807) is 11.8 Å². The maximum Gasteiger partial charge on any atom is 0.225 e. The van der Waals surface area contributed by atoms with Gasteiger partial charge in [0.15, 0.2) is 0 Å². The predicted octanol–water partition coefficient (Wildman–Crippen LogP) is 3.36. The Morgan fingerprint density at radius 2 is 1.72 bits per heavy atom. The van der Waals surface area contributed by atoms with Gasteiger partial charge in [-0.1, -0.05) is 20.8 Å². The zero-order chi connectivity index (χ0) is 19.2. The van der Waals surface area contributed by atoms with Crippen molar-refractivity contribution < 1.29 is 9.59 Å². The SMILES string of the molecule is CCN(CC)c1ccc(N(CCNC(=O)C(C)(C)C)C(C)=O)c(C)c1. The molecule has 0 fully saturated rings. The van der Waals surface area contributed by atoms with Gasteiger partial charge in [0.05, 0.1) is 0 Å². The summed E-state index contributed by atoms with van der Waals surface area (Å²) in [6, 6.07) is 6.17. The molecule has 140 valence electrons. The molecule has 2 amide bonds. The smallest absolute Gasteiger partial charge is 0.225 e. The summed E-state index contributed by atoms with van der Waals surface area (Å²) in [5, 5.41) is 2.90. The Labute approximate surface area is 152 Å². The number of carbonyl (C=O) groups is 2. The van der Waals surface area contributed by atoms with E-state index in [0.29, 0.717) is 13.1 Å². The van der Waals surface area contributed by atoms with Crippen molar-refractivity contribution in [1.82, 2.24) is 5.32 Å². The molecule has 5 heteroatoms. The minimum Gasteiger partial charge on any atom is -0.372 e. The molecule has 0 radical (unpaired) electrons. The first kappa shape index (κ1) is 21.0. The van der Waals surface area contributed by atoms with E-state index < -0.39 is 5.41 Å². The lowest BCUT2D eigenvalue weighted by atomic mass is 9.96. The van der Waals surface area contributed by atoms with Gasteiger partial charge in [0, 0.05) is 49.9 Å². The minimum atomic E-state index is -0.428. The molecule has 0 saturated carbocycles. The topological polar surface area (TPSA) is 52.6 Å². The van der Waals surface area contributed by atoms with E-state index in [1.165, 1.54) is 0 Å². The second-order valence-electron chi connectivity index (χ2n) is 7.32. The highest BCUT2D eigenvalue weighted by Crippen LogP contribution is 2.26. The highest BCUT2D eigenvalue weighted by Gasteiger charge is 2.21. The first-order chi connectivity index (χ1) is 11.6. The van der Waals surface area contributed by atoms with Crippen molar-refractivity contribution in [2.24, 2.45) is 5.41 Å². The molecule has 0 spiro atoms. The Kier molecular flexibility index (Phi) is 7.46. The molecule has 1 N–H and O–H groups in total. The van der Waals surface area contributed by atoms with E-state index in [9.17, 15) is 9.59 Å². The van der Waals surface area contributed by atoms with Crippen LogP contribution in [0.2, 0.25) is 0 Å². The Morgan fingerprint density at radius 1 is 1.12 bits per heavy atom. The van der Waals surface area contributed by atoms with E-state index in [2.05, 4.69) is 36.2 Å². The minimum absolute atomic E-state index is 0.00962. The first-order valence-electron chi connectivity index (χ1n) is 9.03. The molecule has 0 aromatic heterocycles. The third-order valence-corrected chi connectivity index (χ3v) is 4.28. The Morgan fingerprint density at radius 3 is 2.16 bits per heavy atom. The van der Waals surface area contributed by atoms with Crippen molar-refractivity contribution in [1.29, 1.82) is 0 Å². The standard InChI is InChI=1S/C20H33N3O2/c1-8-22(9-2)17-10-11-18(15(3)14-17)23(16(4)24)13-12-21-19(25)20(5,6)7/h10-11,14H,8-9,12-13H2,1-7H3,(H,21,25). The average molecular weight is 348 g/mol. The summed E-state index contributed by atoms with van der Waals surface area (Å²) in [6.07, 6.45) is 0. The lowest BCUT2D eigenvalue weighted by molar-refractivity contribution is -0.128. The summed E-state index contributed by atoms with van der Waals surface area (Å²) in [6.45, 7) is 16.3. The molecular formula is C20H33N3O2. The van der Waals surface area contributed by atoms with Crippen LogP contribution in [0.1, 0.15) is 47.1 Å². The summed E-state index contributed by atoms with van der Waals surface area (Å²) in [4.78, 5) is 28.1. The number of anilines is 2. The van der Waals surface area contributed by atoms with Crippen LogP contribution in [0.25, 0.3) is 0 Å². The normalized spacial score (nSPS) is 11.2. The number of hydrogen-bond acceptors (Lipinski definition) is 3. The van der Waals surface area contributed by atoms with Crippen molar-refractivity contribution in [3.05, 3.63) is 23.8 Å². The molecule has 0 saturated heterocycles. The summed E-state index contributed by atoms with van der Waals surface area (Å²) in [5.41, 5.74) is 2.69. The molecule has 1 aromatic rings. The third kappa shape index (κ3) is 5.76. The molecule has 0 bridgehead atoms. The van der Waals surface area contributed by atoms with Crippen LogP contribution >= 0.6 is 0 Å². The van der Waals surface area contributed by atoms with Crippen LogP contribution in [0, 0.1) is 12.3 Å². The van der Waals surface area contributed by atoms with Crippen LogP contribution < -0.4 is 15.1 Å². The quantitative estimate of drug-likeness (QED) is 0.823. The number of nitrogens with one attached hydrogen (secondary N) is 1. The first-order valence-corrected chi connectivity index (χ1v) is 9.03. The number of rotatable bonds is 7. The summed E-state index contributed by atoms with van der Waals surface area (Å²) < 4.78 is 0. The van der Waals surface area contributed by atoms with Crippen molar-refractivity contribution in [3.8, 4) is 0 Å². The third-order valence-electron chi connectivity index (χ3n) is 4.28. The molecule has 25 heavy (non-hydrogen) atoms. The van der Waals surface area contributed by atoms with Gasteiger partial charge in [-0.3, -0.25) is 9.59 Å². The zero-order valence-electron chi connectivity index (χ0n) is 16.8. The molecule has 0 aliphatic carbocycles. The van der Waals surface area contributed by atoms with Crippen LogP contribution in [0.3, 0.4) is 0 Å². The fraction of sp³-hybridized carbons (Fsp3) is 0.600. The van der Waals surface area contributed by atoms with Gasteiger partial charge in [-0.15, -0.1) is 0 Å². The van der Waals surface area contributed by atoms with E-state index >= 15 is 0 Å². The number of amides is 2. The second-order valence-corrected chi connectivity index (χ2v) is 7.32. The monoisotopic (exact) mass is 347 g/mol. The summed E-state index contributed by atoms with van der Waals surface area (Å²) in [7, 11) is 0. The van der Waals surface area contributed by atoms with Gasteiger partial charge in [-0.2, -0.15) is 0 Å². The highest BCUT2D eigenvalue weighted by molar-refractivity contribution is 5.92. The Bertz CT molecular complexity index is 601. The molecule has 1 aromatic carbocycles. The largest absolute Gasteiger partial charge is 0.372 e. The molecule has 0 aliphatic rings. The van der Waals surface area contributed by atoms with Gasteiger partial charge in [0.25, 0.3) is 0 Å². The molecule has 0 unspecified atom stereocenters. The van der Waals surface area contributed by atoms with Gasteiger partial charge in [-0.05, 0) is 44.5 Å². The number of benzene rings is 1. The van der Waals surface area contributed by atoms with Gasteiger partial charge in [-0.25, -0.2) is 0 Å². The van der Waals surface area contributed by atoms with Crippen molar-refractivity contribution >= 4 is 23.2 Å². The maximum absolute atomic E-state index is 12.1. The van der Waals surface area contributed by atoms with Gasteiger partial charge in [0.2, 0.25) is 11.8 Å². The second kappa shape index (κ2) is 8.88. The fourth-order valence-electron chi connectivity index (χ4n) is 2.72. The van der Waals surface area contributed by atoms with Crippen molar-refractivity contribution in [3.63, 3.8) is 0 Å². The summed E-state index contributed by atoms with van der Waals surface area (Å²) >= 11 is 0. The van der Waals surface area contributed by atoms with Crippen LogP contribution in [0.15, 0.2) is 18.2 Å². The molecule has 1 rings (SSSR count). The van der Waals surface area contributed by atoms with E-state index in [-0.39, 0.29) is 11.8 Å². The van der Waals surface area contributed by atoms with Crippen molar-refractivity contribution in [2.75, 3.05) is 36.0 Å². The van der Waals surface area contributed by atoms with Crippen molar-refractivity contribution in [2.45, 2.75) is 48.5 Å². The zero-order valence-corrected chi connectivity index (χ0v) is 16.8. The fourth-order valence-corrected chi connectivity index (χ4v) is 2.72. The molecular weight excluding hydrogens is 314 g/mol. The van der Waals surface area contributed by atoms with E-state index in [0.717, 1.165) is 30.0 Å². The lowest BCUT2D eigenvalue weighted by Gasteiger charge is -2.27. The number of carbonyl (C=O) groups excluding carboxylic acids is 2. The highest BCUT2D eigenvalue weighted by atomic mass is 16.2. The van der Waals surface area contributed by atoms with Gasteiger partial charge >= 0.3 is 0 Å². The Balaban J connectivity index is 2.89. The summed E-state index contributed by atoms with van der Waals surface area (Å²) in [5.74, 6) is -0.0340. The van der Waals surface area contributed by atoms with Crippen LogP contribution in [0.4, 0.5) is 11.4 Å². The lowest BCUT2D eigenvalue weighted by Crippen LogP contribution is -2.41. The van der Waals surface area contributed by atoms with E-state index in [1.807, 2.05) is 33.8 Å².